The van der Waals surface area contributed by atoms with E-state index in [0.29, 0.717) is 17.4 Å². The lowest BCUT2D eigenvalue weighted by atomic mass is 10.2. The Bertz CT molecular complexity index is 1230. The Morgan fingerprint density at radius 3 is 2.61 bits per heavy atom. The summed E-state index contributed by atoms with van der Waals surface area (Å²) in [5.41, 5.74) is 5.31. The van der Waals surface area contributed by atoms with Crippen molar-refractivity contribution in [3.63, 3.8) is 0 Å². The van der Waals surface area contributed by atoms with E-state index in [0.717, 1.165) is 26.0 Å². The monoisotopic (exact) mass is 494 g/mol. The van der Waals surface area contributed by atoms with Gasteiger partial charge in [0.25, 0.3) is 5.91 Å². The lowest BCUT2D eigenvalue weighted by Gasteiger charge is -2.09. The van der Waals surface area contributed by atoms with Gasteiger partial charge in [-0.25, -0.2) is 5.43 Å². The second kappa shape index (κ2) is 11.6. The van der Waals surface area contributed by atoms with E-state index in [1.165, 1.54) is 23.1 Å². The van der Waals surface area contributed by atoms with Crippen molar-refractivity contribution in [3.8, 4) is 16.3 Å². The molecule has 166 valence electrons. The summed E-state index contributed by atoms with van der Waals surface area (Å²) in [7, 11) is 0. The Kier molecular flexibility index (Phi) is 8.08. The largest absolute Gasteiger partial charge is 0.488 e. The molecule has 0 bridgehead atoms. The van der Waals surface area contributed by atoms with Gasteiger partial charge in [0.1, 0.15) is 17.4 Å². The number of hydrogen-bond acceptors (Lipinski definition) is 7. The van der Waals surface area contributed by atoms with Gasteiger partial charge in [0.2, 0.25) is 0 Å². The zero-order chi connectivity index (χ0) is 22.9. The van der Waals surface area contributed by atoms with Crippen molar-refractivity contribution in [2.75, 3.05) is 5.75 Å². The maximum Gasteiger partial charge on any atom is 0.250 e. The van der Waals surface area contributed by atoms with Gasteiger partial charge in [-0.2, -0.15) is 5.10 Å². The minimum Gasteiger partial charge on any atom is -0.488 e. The summed E-state index contributed by atoms with van der Waals surface area (Å²) >= 11 is 8.70. The third kappa shape index (κ3) is 6.89. The van der Waals surface area contributed by atoms with Crippen molar-refractivity contribution in [2.24, 2.45) is 5.10 Å². The molecule has 1 amide bonds. The predicted octanol–water partition coefficient (Wildman–Crippen LogP) is 5.68. The first-order valence-electron chi connectivity index (χ1n) is 9.97. The Morgan fingerprint density at radius 1 is 1.03 bits per heavy atom. The van der Waals surface area contributed by atoms with Crippen LogP contribution in [0.25, 0.3) is 10.6 Å². The Hall–Kier alpha value is -3.20. The van der Waals surface area contributed by atoms with Crippen molar-refractivity contribution in [1.29, 1.82) is 0 Å². The standard InChI is InChI=1S/C24H19ClN4O2S2/c25-20-12-10-17(11-13-20)15-31-21-9-5-4-8-19(21)14-26-27-22(30)16-32-24-29-28-23(33-24)18-6-2-1-3-7-18/h1-14H,15-16H2,(H,27,30). The summed E-state index contributed by atoms with van der Waals surface area (Å²) in [5, 5.41) is 13.9. The van der Waals surface area contributed by atoms with Gasteiger partial charge in [-0.1, -0.05) is 89.3 Å². The average Bonchev–Trinajstić information content (AvgIpc) is 3.33. The number of aromatic nitrogens is 2. The molecule has 1 aromatic heterocycles. The molecule has 0 unspecified atom stereocenters. The minimum absolute atomic E-state index is 0.190. The quantitative estimate of drug-likeness (QED) is 0.184. The molecule has 0 radical (unpaired) electrons. The molecular formula is C24H19ClN4O2S2. The molecule has 4 rings (SSSR count). The minimum atomic E-state index is -0.229. The summed E-state index contributed by atoms with van der Waals surface area (Å²) in [6.45, 7) is 0.401. The number of halogens is 1. The number of amides is 1. The van der Waals surface area contributed by atoms with Gasteiger partial charge in [-0.3, -0.25) is 4.79 Å². The molecule has 6 nitrogen and oxygen atoms in total. The summed E-state index contributed by atoms with van der Waals surface area (Å²) in [6, 6.07) is 24.8. The molecule has 0 aliphatic carbocycles. The number of thioether (sulfide) groups is 1. The van der Waals surface area contributed by atoms with Crippen molar-refractivity contribution < 1.29 is 9.53 Å². The average molecular weight is 495 g/mol. The third-order valence-corrected chi connectivity index (χ3v) is 6.73. The van der Waals surface area contributed by atoms with Gasteiger partial charge in [0.05, 0.1) is 12.0 Å². The van der Waals surface area contributed by atoms with E-state index in [9.17, 15) is 4.79 Å². The second-order valence-electron chi connectivity index (χ2n) is 6.77. The summed E-state index contributed by atoms with van der Waals surface area (Å²) in [4.78, 5) is 12.2. The fourth-order valence-corrected chi connectivity index (χ4v) is 4.53. The smallest absolute Gasteiger partial charge is 0.250 e. The van der Waals surface area contributed by atoms with E-state index in [1.807, 2.05) is 78.9 Å². The van der Waals surface area contributed by atoms with Crippen LogP contribution in [0.3, 0.4) is 0 Å². The van der Waals surface area contributed by atoms with Crippen molar-refractivity contribution in [1.82, 2.24) is 15.6 Å². The molecule has 33 heavy (non-hydrogen) atoms. The summed E-state index contributed by atoms with van der Waals surface area (Å²) in [6.07, 6.45) is 1.57. The number of benzene rings is 3. The van der Waals surface area contributed by atoms with E-state index in [-0.39, 0.29) is 11.7 Å². The van der Waals surface area contributed by atoms with Gasteiger partial charge >= 0.3 is 0 Å². The van der Waals surface area contributed by atoms with E-state index in [4.69, 9.17) is 16.3 Å². The third-order valence-electron chi connectivity index (χ3n) is 4.37. The number of hydrazone groups is 1. The number of para-hydroxylation sites is 1. The highest BCUT2D eigenvalue weighted by atomic mass is 35.5. The van der Waals surface area contributed by atoms with Crippen LogP contribution in [0, 0.1) is 0 Å². The fourth-order valence-electron chi connectivity index (χ4n) is 2.76. The lowest BCUT2D eigenvalue weighted by molar-refractivity contribution is -0.118. The molecule has 0 saturated heterocycles. The molecule has 1 heterocycles. The molecule has 0 aliphatic rings. The molecule has 4 aromatic rings. The van der Waals surface area contributed by atoms with Crippen LogP contribution in [0.1, 0.15) is 11.1 Å². The highest BCUT2D eigenvalue weighted by Gasteiger charge is 2.09. The number of nitrogens with one attached hydrogen (secondary N) is 1. The van der Waals surface area contributed by atoms with Gasteiger partial charge < -0.3 is 4.74 Å². The van der Waals surface area contributed by atoms with Crippen LogP contribution in [0.4, 0.5) is 0 Å². The molecule has 0 atom stereocenters. The van der Waals surface area contributed by atoms with Crippen LogP contribution < -0.4 is 10.2 Å². The predicted molar refractivity (Wildman–Crippen MR) is 134 cm³/mol. The fraction of sp³-hybridized carbons (Fsp3) is 0.0833. The van der Waals surface area contributed by atoms with Crippen molar-refractivity contribution in [3.05, 3.63) is 95.0 Å². The Morgan fingerprint density at radius 2 is 1.79 bits per heavy atom. The Labute approximate surface area is 204 Å². The van der Waals surface area contributed by atoms with Crippen molar-refractivity contribution in [2.45, 2.75) is 10.9 Å². The van der Waals surface area contributed by atoms with E-state index < -0.39 is 0 Å². The first-order chi connectivity index (χ1) is 16.2. The van der Waals surface area contributed by atoms with Crippen LogP contribution in [-0.2, 0) is 11.4 Å². The Balaban J connectivity index is 1.27. The maximum atomic E-state index is 12.2. The molecule has 9 heteroatoms. The summed E-state index contributed by atoms with van der Waals surface area (Å²) < 4.78 is 6.63. The molecule has 3 aromatic carbocycles. The molecule has 0 aliphatic heterocycles. The van der Waals surface area contributed by atoms with E-state index >= 15 is 0 Å². The van der Waals surface area contributed by atoms with Crippen LogP contribution in [0.2, 0.25) is 5.02 Å². The van der Waals surface area contributed by atoms with Crippen LogP contribution >= 0.6 is 34.7 Å². The molecular weight excluding hydrogens is 476 g/mol. The molecule has 0 fully saturated rings. The first-order valence-corrected chi connectivity index (χ1v) is 12.2. The van der Waals surface area contributed by atoms with Crippen molar-refractivity contribution >= 4 is 46.8 Å². The summed E-state index contributed by atoms with van der Waals surface area (Å²) in [5.74, 6) is 0.629. The molecule has 1 N–H and O–H groups in total. The maximum absolute atomic E-state index is 12.2. The number of nitrogens with zero attached hydrogens (tertiary/aromatic N) is 3. The van der Waals surface area contributed by atoms with Gasteiger partial charge in [0, 0.05) is 16.1 Å². The molecule has 0 saturated carbocycles. The van der Waals surface area contributed by atoms with E-state index in [2.05, 4.69) is 20.7 Å². The SMILES string of the molecule is O=C(CSc1nnc(-c2ccccc2)s1)NN=Cc1ccccc1OCc1ccc(Cl)cc1. The number of carbonyl (C=O) groups excluding carboxylic acids is 1. The van der Waals surface area contributed by atoms with Gasteiger partial charge in [-0.15, -0.1) is 10.2 Å². The zero-order valence-corrected chi connectivity index (χ0v) is 19.7. The normalized spacial score (nSPS) is 10.9. The lowest BCUT2D eigenvalue weighted by Crippen LogP contribution is -2.19. The first kappa shape index (κ1) is 23.0. The zero-order valence-electron chi connectivity index (χ0n) is 17.3. The number of carbonyl (C=O) groups is 1. The van der Waals surface area contributed by atoms with E-state index in [1.54, 1.807) is 6.21 Å². The molecule has 0 spiro atoms. The van der Waals surface area contributed by atoms with Crippen LogP contribution in [0.5, 0.6) is 5.75 Å². The number of hydrogen-bond donors (Lipinski definition) is 1. The highest BCUT2D eigenvalue weighted by Crippen LogP contribution is 2.29. The van der Waals surface area contributed by atoms with Gasteiger partial charge in [0.15, 0.2) is 4.34 Å². The number of rotatable bonds is 9. The van der Waals surface area contributed by atoms with Gasteiger partial charge in [-0.05, 0) is 29.8 Å². The number of ether oxygens (including phenoxy) is 1. The van der Waals surface area contributed by atoms with Crippen LogP contribution in [0.15, 0.2) is 88.3 Å². The second-order valence-corrected chi connectivity index (χ2v) is 9.41. The highest BCUT2D eigenvalue weighted by molar-refractivity contribution is 8.01. The van der Waals surface area contributed by atoms with Crippen LogP contribution in [-0.4, -0.2) is 28.1 Å². The topological polar surface area (TPSA) is 76.5 Å².